The van der Waals surface area contributed by atoms with Crippen LogP contribution in [0.3, 0.4) is 0 Å². The van der Waals surface area contributed by atoms with Gasteiger partial charge in [-0.05, 0) is 18.6 Å². The van der Waals surface area contributed by atoms with Gasteiger partial charge in [-0.3, -0.25) is 0 Å². The highest BCUT2D eigenvalue weighted by molar-refractivity contribution is 6.32. The van der Waals surface area contributed by atoms with Crippen LogP contribution in [0.2, 0.25) is 5.02 Å². The lowest BCUT2D eigenvalue weighted by Crippen LogP contribution is -2.03. The highest BCUT2D eigenvalue weighted by Crippen LogP contribution is 2.17. The Labute approximate surface area is 90.7 Å². The molecule has 0 aliphatic carbocycles. The van der Waals surface area contributed by atoms with E-state index in [1.807, 2.05) is 12.1 Å². The van der Waals surface area contributed by atoms with Crippen LogP contribution in [0, 0.1) is 0 Å². The molecule has 0 bridgehead atoms. The van der Waals surface area contributed by atoms with E-state index in [9.17, 15) is 0 Å². The van der Waals surface area contributed by atoms with Crippen molar-refractivity contribution in [3.05, 3.63) is 23.4 Å². The van der Waals surface area contributed by atoms with Crippen molar-refractivity contribution in [3.8, 4) is 0 Å². The monoisotopic (exact) mass is 212 g/mol. The van der Waals surface area contributed by atoms with Gasteiger partial charge in [0.25, 0.3) is 0 Å². The van der Waals surface area contributed by atoms with Gasteiger partial charge in [-0.15, -0.1) is 0 Å². The van der Waals surface area contributed by atoms with E-state index in [0.29, 0.717) is 5.02 Å². The molecule has 0 fully saturated rings. The third-order valence-corrected chi connectivity index (χ3v) is 2.39. The molecule has 0 aliphatic heterocycles. The number of rotatable bonds is 6. The summed E-state index contributed by atoms with van der Waals surface area (Å²) < 4.78 is 0. The van der Waals surface area contributed by atoms with E-state index in [2.05, 4.69) is 17.2 Å². The first kappa shape index (κ1) is 11.3. The van der Waals surface area contributed by atoms with Gasteiger partial charge in [-0.25, -0.2) is 4.98 Å². The number of nitrogens with zero attached hydrogens (tertiary/aromatic N) is 1. The summed E-state index contributed by atoms with van der Waals surface area (Å²) in [5.74, 6) is 0.797. The van der Waals surface area contributed by atoms with E-state index in [0.717, 1.165) is 12.4 Å². The van der Waals surface area contributed by atoms with Gasteiger partial charge in [0.05, 0.1) is 5.02 Å². The van der Waals surface area contributed by atoms with Crippen molar-refractivity contribution in [3.63, 3.8) is 0 Å². The Bertz CT molecular complexity index is 263. The van der Waals surface area contributed by atoms with Gasteiger partial charge in [0.2, 0.25) is 0 Å². The smallest absolute Gasteiger partial charge is 0.144 e. The molecule has 0 saturated heterocycles. The van der Waals surface area contributed by atoms with Crippen LogP contribution < -0.4 is 5.32 Å². The normalized spacial score (nSPS) is 10.1. The van der Waals surface area contributed by atoms with E-state index < -0.39 is 0 Å². The lowest BCUT2D eigenvalue weighted by atomic mass is 10.2. The average Bonchev–Trinajstić information content (AvgIpc) is 2.20. The Morgan fingerprint density at radius 2 is 2.21 bits per heavy atom. The van der Waals surface area contributed by atoms with Crippen molar-refractivity contribution in [2.45, 2.75) is 32.6 Å². The molecular formula is C11H17ClN2. The summed E-state index contributed by atoms with van der Waals surface area (Å²) in [5, 5.41) is 3.93. The topological polar surface area (TPSA) is 24.9 Å². The van der Waals surface area contributed by atoms with Crippen molar-refractivity contribution >= 4 is 17.4 Å². The first-order valence-corrected chi connectivity index (χ1v) is 5.56. The highest BCUT2D eigenvalue weighted by Gasteiger charge is 1.97. The molecule has 1 aromatic rings. The van der Waals surface area contributed by atoms with Crippen molar-refractivity contribution in [1.29, 1.82) is 0 Å². The van der Waals surface area contributed by atoms with Crippen LogP contribution in [0.1, 0.15) is 32.6 Å². The van der Waals surface area contributed by atoms with Gasteiger partial charge in [0.15, 0.2) is 0 Å². The van der Waals surface area contributed by atoms with Crippen LogP contribution in [0.25, 0.3) is 0 Å². The first-order chi connectivity index (χ1) is 6.84. The molecule has 1 aromatic heterocycles. The molecule has 78 valence electrons. The van der Waals surface area contributed by atoms with E-state index in [-0.39, 0.29) is 0 Å². The second-order valence-corrected chi connectivity index (χ2v) is 3.73. The zero-order valence-electron chi connectivity index (χ0n) is 8.59. The second kappa shape index (κ2) is 6.66. The number of anilines is 1. The lowest BCUT2D eigenvalue weighted by molar-refractivity contribution is 0.684. The predicted octanol–water partition coefficient (Wildman–Crippen LogP) is 3.73. The Kier molecular flexibility index (Phi) is 5.38. The first-order valence-electron chi connectivity index (χ1n) is 5.19. The number of pyridine rings is 1. The quantitative estimate of drug-likeness (QED) is 0.727. The molecule has 2 nitrogen and oxygen atoms in total. The largest absolute Gasteiger partial charge is 0.369 e. The van der Waals surface area contributed by atoms with Gasteiger partial charge < -0.3 is 5.32 Å². The fraction of sp³-hybridized carbons (Fsp3) is 0.545. The molecule has 1 rings (SSSR count). The number of halogens is 1. The number of aromatic nitrogens is 1. The molecule has 0 aliphatic rings. The van der Waals surface area contributed by atoms with Gasteiger partial charge >= 0.3 is 0 Å². The standard InChI is InChI=1S/C11H17ClN2/c1-2-3-4-5-8-13-11-10(12)7-6-9-14-11/h6-7,9H,2-5,8H2,1H3,(H,13,14). The molecule has 0 unspecified atom stereocenters. The molecule has 0 amide bonds. The maximum atomic E-state index is 5.94. The summed E-state index contributed by atoms with van der Waals surface area (Å²) in [5.41, 5.74) is 0. The molecular weight excluding hydrogens is 196 g/mol. The fourth-order valence-corrected chi connectivity index (χ4v) is 1.46. The van der Waals surface area contributed by atoms with Crippen molar-refractivity contribution in [2.75, 3.05) is 11.9 Å². The molecule has 3 heteroatoms. The van der Waals surface area contributed by atoms with E-state index >= 15 is 0 Å². The molecule has 0 spiro atoms. The molecule has 0 radical (unpaired) electrons. The minimum atomic E-state index is 0.697. The van der Waals surface area contributed by atoms with Crippen LogP contribution in [-0.4, -0.2) is 11.5 Å². The van der Waals surface area contributed by atoms with Crippen molar-refractivity contribution in [1.82, 2.24) is 4.98 Å². The number of nitrogens with one attached hydrogen (secondary N) is 1. The zero-order valence-corrected chi connectivity index (χ0v) is 9.35. The third kappa shape index (κ3) is 3.97. The van der Waals surface area contributed by atoms with Crippen LogP contribution in [0.5, 0.6) is 0 Å². The van der Waals surface area contributed by atoms with Gasteiger partial charge in [0, 0.05) is 12.7 Å². The summed E-state index contributed by atoms with van der Waals surface area (Å²) in [6, 6.07) is 3.69. The van der Waals surface area contributed by atoms with E-state index in [4.69, 9.17) is 11.6 Å². The van der Waals surface area contributed by atoms with Crippen LogP contribution in [0.15, 0.2) is 18.3 Å². The lowest BCUT2D eigenvalue weighted by Gasteiger charge is -2.05. The third-order valence-electron chi connectivity index (χ3n) is 2.08. The minimum Gasteiger partial charge on any atom is -0.369 e. The summed E-state index contributed by atoms with van der Waals surface area (Å²) in [7, 11) is 0. The summed E-state index contributed by atoms with van der Waals surface area (Å²) in [6.07, 6.45) is 6.77. The second-order valence-electron chi connectivity index (χ2n) is 3.32. The Morgan fingerprint density at radius 1 is 1.36 bits per heavy atom. The number of unbranched alkanes of at least 4 members (excludes halogenated alkanes) is 3. The Hall–Kier alpha value is -0.760. The van der Waals surface area contributed by atoms with Crippen molar-refractivity contribution in [2.24, 2.45) is 0 Å². The Balaban J connectivity index is 2.21. The highest BCUT2D eigenvalue weighted by atomic mass is 35.5. The molecule has 1 N–H and O–H groups in total. The average molecular weight is 213 g/mol. The molecule has 0 atom stereocenters. The maximum Gasteiger partial charge on any atom is 0.144 e. The minimum absolute atomic E-state index is 0.697. The van der Waals surface area contributed by atoms with Gasteiger partial charge in [-0.2, -0.15) is 0 Å². The van der Waals surface area contributed by atoms with E-state index in [1.54, 1.807) is 6.20 Å². The van der Waals surface area contributed by atoms with Crippen LogP contribution >= 0.6 is 11.6 Å². The SMILES string of the molecule is CCCCCCNc1ncccc1Cl. The molecule has 14 heavy (non-hydrogen) atoms. The Morgan fingerprint density at radius 3 is 2.93 bits per heavy atom. The molecule has 0 saturated carbocycles. The van der Waals surface area contributed by atoms with Crippen LogP contribution in [-0.2, 0) is 0 Å². The van der Waals surface area contributed by atoms with E-state index in [1.165, 1.54) is 25.7 Å². The van der Waals surface area contributed by atoms with Crippen LogP contribution in [0.4, 0.5) is 5.82 Å². The zero-order chi connectivity index (χ0) is 10.2. The maximum absolute atomic E-state index is 5.94. The summed E-state index contributed by atoms with van der Waals surface area (Å²) in [4.78, 5) is 4.15. The number of hydrogen-bond donors (Lipinski definition) is 1. The number of hydrogen-bond acceptors (Lipinski definition) is 2. The summed E-state index contributed by atoms with van der Waals surface area (Å²) >= 11 is 5.94. The molecule has 0 aromatic carbocycles. The molecule has 1 heterocycles. The fourth-order valence-electron chi connectivity index (χ4n) is 1.27. The van der Waals surface area contributed by atoms with Gasteiger partial charge in [-0.1, -0.05) is 37.8 Å². The predicted molar refractivity (Wildman–Crippen MR) is 61.9 cm³/mol. The summed E-state index contributed by atoms with van der Waals surface area (Å²) in [6.45, 7) is 3.17. The van der Waals surface area contributed by atoms with Crippen molar-refractivity contribution < 1.29 is 0 Å². The van der Waals surface area contributed by atoms with Gasteiger partial charge in [0.1, 0.15) is 5.82 Å².